The first-order valence-corrected chi connectivity index (χ1v) is 5.54. The zero-order valence-electron chi connectivity index (χ0n) is 9.30. The lowest BCUT2D eigenvalue weighted by Crippen LogP contribution is -2.07. The van der Waals surface area contributed by atoms with Crippen LogP contribution in [-0.4, -0.2) is 9.97 Å². The van der Waals surface area contributed by atoms with E-state index in [4.69, 9.17) is 22.1 Å². The van der Waals surface area contributed by atoms with Crippen molar-refractivity contribution < 1.29 is 4.74 Å². The molecule has 1 atom stereocenters. The maximum atomic E-state index is 6.00. The Hall–Kier alpha value is -1.81. The van der Waals surface area contributed by atoms with E-state index in [0.717, 1.165) is 5.69 Å². The Labute approximate surface area is 104 Å². The molecule has 0 spiro atoms. The van der Waals surface area contributed by atoms with Crippen molar-refractivity contribution in [1.82, 2.24) is 9.97 Å². The molecule has 17 heavy (non-hydrogen) atoms. The number of aromatic nitrogens is 2. The van der Waals surface area contributed by atoms with Crippen molar-refractivity contribution in [1.29, 1.82) is 0 Å². The highest BCUT2D eigenvalue weighted by Gasteiger charge is 2.11. The van der Waals surface area contributed by atoms with Gasteiger partial charge in [-0.1, -0.05) is 23.7 Å². The van der Waals surface area contributed by atoms with Crippen molar-refractivity contribution in [3.05, 3.63) is 47.2 Å². The van der Waals surface area contributed by atoms with E-state index < -0.39 is 0 Å². The quantitative estimate of drug-likeness (QED) is 0.909. The predicted octanol–water partition coefficient (Wildman–Crippen LogP) is 2.85. The number of nitrogen functional groups attached to an aromatic ring is 1. The molecule has 0 radical (unpaired) electrons. The second-order valence-corrected chi connectivity index (χ2v) is 3.94. The van der Waals surface area contributed by atoms with Crippen molar-refractivity contribution in [2.75, 3.05) is 5.73 Å². The number of nitrogens with zero attached hydrogens (tertiary/aromatic N) is 2. The SMILES string of the molecule is CC(Oc1ccccc1Cl)c1ccnc(N)n1. The molecule has 0 amide bonds. The van der Waals surface area contributed by atoms with Gasteiger partial charge in [-0.25, -0.2) is 9.97 Å². The van der Waals surface area contributed by atoms with Gasteiger partial charge < -0.3 is 10.5 Å². The lowest BCUT2D eigenvalue weighted by atomic mass is 10.2. The molecule has 88 valence electrons. The van der Waals surface area contributed by atoms with Crippen LogP contribution in [0, 0.1) is 0 Å². The lowest BCUT2D eigenvalue weighted by Gasteiger charge is -2.15. The fraction of sp³-hybridized carbons (Fsp3) is 0.167. The third-order valence-corrected chi connectivity index (χ3v) is 2.56. The highest BCUT2D eigenvalue weighted by Crippen LogP contribution is 2.27. The average molecular weight is 250 g/mol. The Balaban J connectivity index is 2.17. The van der Waals surface area contributed by atoms with Crippen LogP contribution in [0.5, 0.6) is 5.75 Å². The second kappa shape index (κ2) is 5.01. The number of hydrogen-bond acceptors (Lipinski definition) is 4. The van der Waals surface area contributed by atoms with Gasteiger partial charge in [0.15, 0.2) is 0 Å². The molecule has 1 heterocycles. The number of anilines is 1. The molecule has 0 fully saturated rings. The normalized spacial score (nSPS) is 12.1. The standard InChI is InChI=1S/C12H12ClN3O/c1-8(10-6-7-15-12(14)16-10)17-11-5-3-2-4-9(11)13/h2-8H,1H3,(H2,14,15,16). The van der Waals surface area contributed by atoms with Crippen LogP contribution in [0.15, 0.2) is 36.5 Å². The summed E-state index contributed by atoms with van der Waals surface area (Å²) in [6.45, 7) is 1.88. The van der Waals surface area contributed by atoms with Gasteiger partial charge >= 0.3 is 0 Å². The minimum Gasteiger partial charge on any atom is -0.483 e. The topological polar surface area (TPSA) is 61.0 Å². The summed E-state index contributed by atoms with van der Waals surface area (Å²) in [5, 5.41) is 0.571. The van der Waals surface area contributed by atoms with E-state index in [1.54, 1.807) is 18.3 Å². The van der Waals surface area contributed by atoms with Gasteiger partial charge in [0.05, 0.1) is 10.7 Å². The lowest BCUT2D eigenvalue weighted by molar-refractivity contribution is 0.222. The molecule has 0 saturated heterocycles. The van der Waals surface area contributed by atoms with E-state index in [2.05, 4.69) is 9.97 Å². The molecule has 0 aliphatic rings. The first kappa shape index (κ1) is 11.7. The summed E-state index contributed by atoms with van der Waals surface area (Å²) >= 11 is 6.00. The average Bonchev–Trinajstić information content (AvgIpc) is 2.32. The zero-order chi connectivity index (χ0) is 12.3. The molecule has 1 unspecified atom stereocenters. The predicted molar refractivity (Wildman–Crippen MR) is 66.9 cm³/mol. The highest BCUT2D eigenvalue weighted by molar-refractivity contribution is 6.32. The van der Waals surface area contributed by atoms with Crippen LogP contribution in [0.4, 0.5) is 5.95 Å². The summed E-state index contributed by atoms with van der Waals surface area (Å²) in [6.07, 6.45) is 1.37. The monoisotopic (exact) mass is 249 g/mol. The summed E-state index contributed by atoms with van der Waals surface area (Å²) in [5.74, 6) is 0.857. The molecule has 2 rings (SSSR count). The third-order valence-electron chi connectivity index (χ3n) is 2.25. The van der Waals surface area contributed by atoms with Crippen molar-refractivity contribution >= 4 is 17.5 Å². The Morgan fingerprint density at radius 3 is 2.76 bits per heavy atom. The molecule has 2 N–H and O–H groups in total. The number of ether oxygens (including phenoxy) is 1. The first-order chi connectivity index (χ1) is 8.16. The fourth-order valence-corrected chi connectivity index (χ4v) is 1.59. The number of nitrogens with two attached hydrogens (primary N) is 1. The highest BCUT2D eigenvalue weighted by atomic mass is 35.5. The van der Waals surface area contributed by atoms with Crippen LogP contribution in [0.1, 0.15) is 18.7 Å². The number of para-hydroxylation sites is 1. The number of hydrogen-bond donors (Lipinski definition) is 1. The molecule has 1 aromatic carbocycles. The molecule has 5 heteroatoms. The van der Waals surface area contributed by atoms with Gasteiger partial charge in [0.1, 0.15) is 11.9 Å². The van der Waals surface area contributed by atoms with E-state index in [1.807, 2.05) is 25.1 Å². The van der Waals surface area contributed by atoms with E-state index in [0.29, 0.717) is 10.8 Å². The first-order valence-electron chi connectivity index (χ1n) is 5.16. The Kier molecular flexibility index (Phi) is 3.44. The minimum atomic E-state index is -0.236. The van der Waals surface area contributed by atoms with Gasteiger partial charge in [-0.3, -0.25) is 0 Å². The van der Waals surface area contributed by atoms with E-state index in [9.17, 15) is 0 Å². The van der Waals surface area contributed by atoms with Gasteiger partial charge in [0.25, 0.3) is 0 Å². The van der Waals surface area contributed by atoms with Crippen molar-refractivity contribution in [3.8, 4) is 5.75 Å². The summed E-state index contributed by atoms with van der Waals surface area (Å²) in [7, 11) is 0. The zero-order valence-corrected chi connectivity index (χ0v) is 10.1. The van der Waals surface area contributed by atoms with Gasteiger partial charge in [0, 0.05) is 6.20 Å². The number of halogens is 1. The summed E-state index contributed by atoms with van der Waals surface area (Å²) in [6, 6.07) is 9.06. The Morgan fingerprint density at radius 2 is 2.06 bits per heavy atom. The van der Waals surface area contributed by atoms with Gasteiger partial charge in [-0.05, 0) is 25.1 Å². The van der Waals surface area contributed by atoms with Gasteiger partial charge in [-0.15, -0.1) is 0 Å². The van der Waals surface area contributed by atoms with Crippen molar-refractivity contribution in [2.45, 2.75) is 13.0 Å². The molecule has 0 aliphatic heterocycles. The molecule has 0 saturated carbocycles. The molecule has 0 aliphatic carbocycles. The van der Waals surface area contributed by atoms with Crippen LogP contribution in [-0.2, 0) is 0 Å². The van der Waals surface area contributed by atoms with Crippen molar-refractivity contribution in [2.24, 2.45) is 0 Å². The molecule has 2 aromatic rings. The third kappa shape index (κ3) is 2.85. The smallest absolute Gasteiger partial charge is 0.220 e. The van der Waals surface area contributed by atoms with Crippen molar-refractivity contribution in [3.63, 3.8) is 0 Å². The molecular formula is C12H12ClN3O. The Morgan fingerprint density at radius 1 is 1.29 bits per heavy atom. The van der Waals surface area contributed by atoms with E-state index in [1.165, 1.54) is 0 Å². The molecule has 0 bridgehead atoms. The molecule has 1 aromatic heterocycles. The van der Waals surface area contributed by atoms with E-state index >= 15 is 0 Å². The second-order valence-electron chi connectivity index (χ2n) is 3.53. The Bertz CT molecular complexity index is 519. The van der Waals surface area contributed by atoms with Crippen LogP contribution < -0.4 is 10.5 Å². The van der Waals surface area contributed by atoms with Crippen LogP contribution >= 0.6 is 11.6 Å². The van der Waals surface area contributed by atoms with E-state index in [-0.39, 0.29) is 12.1 Å². The molecular weight excluding hydrogens is 238 g/mol. The summed E-state index contributed by atoms with van der Waals surface area (Å²) < 4.78 is 5.71. The van der Waals surface area contributed by atoms with Gasteiger partial charge in [-0.2, -0.15) is 0 Å². The maximum absolute atomic E-state index is 6.00. The number of rotatable bonds is 3. The van der Waals surface area contributed by atoms with Gasteiger partial charge in [0.2, 0.25) is 5.95 Å². The summed E-state index contributed by atoms with van der Waals surface area (Å²) in [4.78, 5) is 7.93. The van der Waals surface area contributed by atoms with Crippen LogP contribution in [0.2, 0.25) is 5.02 Å². The van der Waals surface area contributed by atoms with Crippen LogP contribution in [0.25, 0.3) is 0 Å². The van der Waals surface area contributed by atoms with Crippen LogP contribution in [0.3, 0.4) is 0 Å². The summed E-state index contributed by atoms with van der Waals surface area (Å²) in [5.41, 5.74) is 6.24. The maximum Gasteiger partial charge on any atom is 0.220 e. The fourth-order valence-electron chi connectivity index (χ4n) is 1.41. The minimum absolute atomic E-state index is 0.233. The largest absolute Gasteiger partial charge is 0.483 e. The number of benzene rings is 1. The molecule has 4 nitrogen and oxygen atoms in total.